The van der Waals surface area contributed by atoms with Crippen LogP contribution in [0.4, 0.5) is 11.4 Å². The van der Waals surface area contributed by atoms with Crippen LogP contribution in [-0.2, 0) is 9.59 Å². The molecule has 1 fully saturated rings. The fourth-order valence-corrected chi connectivity index (χ4v) is 4.07. The van der Waals surface area contributed by atoms with Crippen LogP contribution in [0.5, 0.6) is 5.75 Å². The zero-order chi connectivity index (χ0) is 19.9. The van der Waals surface area contributed by atoms with Crippen molar-refractivity contribution in [2.24, 2.45) is 4.99 Å². The average molecular weight is 398 g/mol. The Morgan fingerprint density at radius 1 is 1.18 bits per heavy atom. The van der Waals surface area contributed by atoms with Crippen LogP contribution in [0.25, 0.3) is 0 Å². The van der Waals surface area contributed by atoms with Crippen LogP contribution >= 0.6 is 11.8 Å². The van der Waals surface area contributed by atoms with E-state index in [-0.39, 0.29) is 18.2 Å². The average Bonchev–Trinajstić information content (AvgIpc) is 2.98. The fourth-order valence-electron chi connectivity index (χ4n) is 2.88. The molecule has 0 bridgehead atoms. The van der Waals surface area contributed by atoms with Crippen molar-refractivity contribution >= 4 is 40.1 Å². The van der Waals surface area contributed by atoms with Gasteiger partial charge in [-0.2, -0.15) is 0 Å². The number of rotatable bonds is 7. The summed E-state index contributed by atoms with van der Waals surface area (Å²) < 4.78 is 5.26. The van der Waals surface area contributed by atoms with Gasteiger partial charge in [0.05, 0.1) is 18.5 Å². The Labute approximate surface area is 169 Å². The lowest BCUT2D eigenvalue weighted by Gasteiger charge is -2.15. The summed E-state index contributed by atoms with van der Waals surface area (Å²) in [6, 6.07) is 16.7. The highest BCUT2D eigenvalue weighted by molar-refractivity contribution is 8.15. The number of carbonyl (C=O) groups is 2. The second kappa shape index (κ2) is 9.41. The molecule has 0 unspecified atom stereocenters. The van der Waals surface area contributed by atoms with Gasteiger partial charge in [0.2, 0.25) is 11.8 Å². The normalized spacial score (nSPS) is 17.8. The van der Waals surface area contributed by atoms with E-state index in [0.29, 0.717) is 23.1 Å². The Bertz CT molecular complexity index is 870. The lowest BCUT2D eigenvalue weighted by atomic mass is 10.2. The van der Waals surface area contributed by atoms with Crippen molar-refractivity contribution < 1.29 is 14.3 Å². The molecule has 1 saturated heterocycles. The van der Waals surface area contributed by atoms with Crippen LogP contribution in [0.3, 0.4) is 0 Å². The first-order valence-corrected chi connectivity index (χ1v) is 10.0. The molecule has 0 aromatic heterocycles. The number of anilines is 1. The standard InChI is InChI=1S/C21H23N3O3S/c1-3-13-24-20(26)18(28-21(24)22-15-9-5-4-6-10-15)14-19(25)23-16-11-7-8-12-17(16)27-2/h4-12,18H,3,13-14H2,1-2H3,(H,23,25)/t18-/m1/s1. The summed E-state index contributed by atoms with van der Waals surface area (Å²) in [6.07, 6.45) is 0.899. The van der Waals surface area contributed by atoms with Crippen LogP contribution in [0.15, 0.2) is 59.6 Å². The number of hydrogen-bond acceptors (Lipinski definition) is 5. The molecule has 2 amide bonds. The molecule has 2 aromatic rings. The maximum absolute atomic E-state index is 12.8. The highest BCUT2D eigenvalue weighted by Crippen LogP contribution is 2.32. The van der Waals surface area contributed by atoms with E-state index in [2.05, 4.69) is 10.3 Å². The first kappa shape index (κ1) is 19.9. The Kier molecular flexibility index (Phi) is 6.71. The van der Waals surface area contributed by atoms with Crippen molar-refractivity contribution in [3.05, 3.63) is 54.6 Å². The molecule has 1 heterocycles. The lowest BCUT2D eigenvalue weighted by Crippen LogP contribution is -2.34. The zero-order valence-electron chi connectivity index (χ0n) is 15.9. The van der Waals surface area contributed by atoms with Gasteiger partial charge in [-0.15, -0.1) is 0 Å². The topological polar surface area (TPSA) is 71.0 Å². The van der Waals surface area contributed by atoms with Crippen LogP contribution in [0, 0.1) is 0 Å². The minimum absolute atomic E-state index is 0.0725. The summed E-state index contributed by atoms with van der Waals surface area (Å²) in [5.41, 5.74) is 1.38. The summed E-state index contributed by atoms with van der Waals surface area (Å²) >= 11 is 1.34. The highest BCUT2D eigenvalue weighted by atomic mass is 32.2. The van der Waals surface area contributed by atoms with Gasteiger partial charge in [0.1, 0.15) is 11.0 Å². The number of benzene rings is 2. The van der Waals surface area contributed by atoms with Crippen LogP contribution in [0.2, 0.25) is 0 Å². The maximum atomic E-state index is 12.8. The predicted molar refractivity (Wildman–Crippen MR) is 113 cm³/mol. The molecule has 6 nitrogen and oxygen atoms in total. The van der Waals surface area contributed by atoms with E-state index in [1.807, 2.05) is 49.4 Å². The number of nitrogens with one attached hydrogen (secondary N) is 1. The summed E-state index contributed by atoms with van der Waals surface area (Å²) in [4.78, 5) is 31.6. The highest BCUT2D eigenvalue weighted by Gasteiger charge is 2.38. The number of carbonyl (C=O) groups excluding carboxylic acids is 2. The monoisotopic (exact) mass is 397 g/mol. The SMILES string of the molecule is CCCN1C(=O)[C@@H](CC(=O)Nc2ccccc2OC)SC1=Nc1ccccc1. The second-order valence-electron chi connectivity index (χ2n) is 6.28. The number of para-hydroxylation sites is 3. The molecule has 3 rings (SSSR count). The van der Waals surface area contributed by atoms with Crippen molar-refractivity contribution in [3.8, 4) is 5.75 Å². The molecule has 2 aromatic carbocycles. The van der Waals surface area contributed by atoms with E-state index >= 15 is 0 Å². The third-order valence-electron chi connectivity index (χ3n) is 4.20. The Hall–Kier alpha value is -2.80. The number of methoxy groups -OCH3 is 1. The molecule has 0 saturated carbocycles. The van der Waals surface area contributed by atoms with Crippen molar-refractivity contribution in [1.82, 2.24) is 4.90 Å². The molecule has 0 aliphatic carbocycles. The van der Waals surface area contributed by atoms with Crippen molar-refractivity contribution in [1.29, 1.82) is 0 Å². The molecular formula is C21H23N3O3S. The molecule has 7 heteroatoms. The van der Waals surface area contributed by atoms with Crippen LogP contribution < -0.4 is 10.1 Å². The van der Waals surface area contributed by atoms with E-state index < -0.39 is 5.25 Å². The number of aliphatic imine (C=N–C) groups is 1. The maximum Gasteiger partial charge on any atom is 0.242 e. The number of ether oxygens (including phenoxy) is 1. The van der Waals surface area contributed by atoms with Crippen molar-refractivity contribution in [3.63, 3.8) is 0 Å². The van der Waals surface area contributed by atoms with Gasteiger partial charge < -0.3 is 10.1 Å². The van der Waals surface area contributed by atoms with Crippen LogP contribution in [0.1, 0.15) is 19.8 Å². The van der Waals surface area contributed by atoms with E-state index in [0.717, 1.165) is 12.1 Å². The third-order valence-corrected chi connectivity index (χ3v) is 5.38. The van der Waals surface area contributed by atoms with Gasteiger partial charge >= 0.3 is 0 Å². The molecule has 1 atom stereocenters. The van der Waals surface area contributed by atoms with Gasteiger partial charge in [-0.25, -0.2) is 4.99 Å². The molecular weight excluding hydrogens is 374 g/mol. The van der Waals surface area contributed by atoms with Gasteiger partial charge in [-0.1, -0.05) is 49.0 Å². The van der Waals surface area contributed by atoms with E-state index in [9.17, 15) is 9.59 Å². The summed E-state index contributed by atoms with van der Waals surface area (Å²) in [5.74, 6) is 0.282. The number of hydrogen-bond donors (Lipinski definition) is 1. The number of thioether (sulfide) groups is 1. The minimum Gasteiger partial charge on any atom is -0.495 e. The van der Waals surface area contributed by atoms with Crippen molar-refractivity contribution in [2.75, 3.05) is 19.0 Å². The Morgan fingerprint density at radius 2 is 1.89 bits per heavy atom. The second-order valence-corrected chi connectivity index (χ2v) is 7.45. The zero-order valence-corrected chi connectivity index (χ0v) is 16.7. The Morgan fingerprint density at radius 3 is 2.61 bits per heavy atom. The van der Waals surface area contributed by atoms with E-state index in [1.54, 1.807) is 24.1 Å². The quantitative estimate of drug-likeness (QED) is 0.765. The predicted octanol–water partition coefficient (Wildman–Crippen LogP) is 4.07. The molecule has 146 valence electrons. The molecule has 0 radical (unpaired) electrons. The number of amides is 2. The smallest absolute Gasteiger partial charge is 0.242 e. The lowest BCUT2D eigenvalue weighted by molar-refractivity contribution is -0.128. The third kappa shape index (κ3) is 4.72. The van der Waals surface area contributed by atoms with Crippen LogP contribution in [-0.4, -0.2) is 40.8 Å². The summed E-state index contributed by atoms with van der Waals surface area (Å²) in [6.45, 7) is 2.60. The molecule has 1 aliphatic rings. The fraction of sp³-hybridized carbons (Fsp3) is 0.286. The first-order valence-electron chi connectivity index (χ1n) is 9.17. The Balaban J connectivity index is 1.72. The molecule has 0 spiro atoms. The van der Waals surface area contributed by atoms with Gasteiger partial charge in [0.25, 0.3) is 0 Å². The molecule has 1 aliphatic heterocycles. The van der Waals surface area contributed by atoms with Gasteiger partial charge in [-0.3, -0.25) is 14.5 Å². The van der Waals surface area contributed by atoms with Gasteiger partial charge in [0, 0.05) is 13.0 Å². The minimum atomic E-state index is -0.483. The number of amidine groups is 1. The summed E-state index contributed by atoms with van der Waals surface area (Å²) in [7, 11) is 1.55. The molecule has 28 heavy (non-hydrogen) atoms. The first-order chi connectivity index (χ1) is 13.6. The van der Waals surface area contributed by atoms with E-state index in [4.69, 9.17) is 4.74 Å². The van der Waals surface area contributed by atoms with Gasteiger partial charge in [0.15, 0.2) is 5.17 Å². The number of nitrogens with zero attached hydrogens (tertiary/aromatic N) is 2. The van der Waals surface area contributed by atoms with Crippen molar-refractivity contribution in [2.45, 2.75) is 25.0 Å². The summed E-state index contributed by atoms with van der Waals surface area (Å²) in [5, 5.41) is 3.00. The van der Waals surface area contributed by atoms with E-state index in [1.165, 1.54) is 11.8 Å². The molecule has 1 N–H and O–H groups in total. The van der Waals surface area contributed by atoms with Gasteiger partial charge in [-0.05, 0) is 30.7 Å². The largest absolute Gasteiger partial charge is 0.495 e.